The molecular formula is C14H15N3O3S. The van der Waals surface area contributed by atoms with Crippen molar-refractivity contribution in [2.45, 2.75) is 19.9 Å². The first-order valence-electron chi connectivity index (χ1n) is 6.24. The number of aromatic nitrogens is 1. The molecule has 4 N–H and O–H groups in total. The van der Waals surface area contributed by atoms with E-state index in [1.165, 1.54) is 23.5 Å². The molecule has 2 rings (SSSR count). The number of hydrogen-bond acceptors (Lipinski definition) is 5. The molecule has 0 bridgehead atoms. The van der Waals surface area contributed by atoms with E-state index in [0.717, 1.165) is 0 Å². The molecule has 110 valence electrons. The molecule has 0 aliphatic rings. The van der Waals surface area contributed by atoms with Gasteiger partial charge in [-0.1, -0.05) is 0 Å². The summed E-state index contributed by atoms with van der Waals surface area (Å²) in [5.41, 5.74) is 7.42. The summed E-state index contributed by atoms with van der Waals surface area (Å²) in [4.78, 5) is 27.1. The van der Waals surface area contributed by atoms with E-state index in [9.17, 15) is 9.59 Å². The molecule has 0 aliphatic carbocycles. The number of carbonyl (C=O) groups excluding carboxylic acids is 1. The molecule has 1 aromatic carbocycles. The molecule has 0 fully saturated rings. The summed E-state index contributed by atoms with van der Waals surface area (Å²) >= 11 is 1.33. The normalized spacial score (nSPS) is 12.0. The monoisotopic (exact) mass is 305 g/mol. The third-order valence-corrected chi connectivity index (χ3v) is 3.91. The average Bonchev–Trinajstić information content (AvgIpc) is 2.90. The molecule has 7 heteroatoms. The fraction of sp³-hybridized carbons (Fsp3) is 0.214. The Kier molecular flexibility index (Phi) is 4.35. The zero-order valence-corrected chi connectivity index (χ0v) is 12.4. The Morgan fingerprint density at radius 3 is 2.67 bits per heavy atom. The van der Waals surface area contributed by atoms with Gasteiger partial charge in [-0.15, -0.1) is 11.3 Å². The number of nitrogens with two attached hydrogens (primary N) is 1. The number of aryl methyl sites for hydroxylation is 1. The lowest BCUT2D eigenvalue weighted by Crippen LogP contribution is -2.14. The van der Waals surface area contributed by atoms with Crippen LogP contribution in [0.1, 0.15) is 44.4 Å². The van der Waals surface area contributed by atoms with Crippen LogP contribution >= 0.6 is 11.3 Å². The van der Waals surface area contributed by atoms with Crippen LogP contribution in [0, 0.1) is 6.92 Å². The van der Waals surface area contributed by atoms with E-state index in [2.05, 4.69) is 10.3 Å². The van der Waals surface area contributed by atoms with Crippen LogP contribution in [0.3, 0.4) is 0 Å². The Labute approximate surface area is 125 Å². The molecular weight excluding hydrogens is 290 g/mol. The third kappa shape index (κ3) is 3.45. The van der Waals surface area contributed by atoms with Gasteiger partial charge in [-0.2, -0.15) is 0 Å². The largest absolute Gasteiger partial charge is 0.478 e. The van der Waals surface area contributed by atoms with Gasteiger partial charge in [0.25, 0.3) is 5.91 Å². The number of aromatic carboxylic acids is 1. The molecule has 0 saturated carbocycles. The van der Waals surface area contributed by atoms with Gasteiger partial charge in [-0.25, -0.2) is 9.78 Å². The topological polar surface area (TPSA) is 105 Å². The van der Waals surface area contributed by atoms with Crippen LogP contribution in [0.25, 0.3) is 0 Å². The predicted molar refractivity (Wildman–Crippen MR) is 80.8 cm³/mol. The maximum Gasteiger partial charge on any atom is 0.335 e. The first kappa shape index (κ1) is 15.1. The van der Waals surface area contributed by atoms with Crippen molar-refractivity contribution in [3.8, 4) is 0 Å². The van der Waals surface area contributed by atoms with Gasteiger partial charge in [0.2, 0.25) is 0 Å². The number of nitrogens with zero attached hydrogens (tertiary/aromatic N) is 1. The van der Waals surface area contributed by atoms with E-state index in [-0.39, 0.29) is 17.5 Å². The van der Waals surface area contributed by atoms with Crippen LogP contribution in [0.15, 0.2) is 23.6 Å². The number of rotatable bonds is 4. The number of thiazole rings is 1. The number of amides is 1. The van der Waals surface area contributed by atoms with Crippen LogP contribution in [0.5, 0.6) is 0 Å². The van der Waals surface area contributed by atoms with Crippen LogP contribution in [-0.4, -0.2) is 22.0 Å². The van der Waals surface area contributed by atoms with Crippen molar-refractivity contribution in [1.82, 2.24) is 4.98 Å². The number of carboxylic acids is 1. The number of carboxylic acid groups (broad SMARTS) is 1. The summed E-state index contributed by atoms with van der Waals surface area (Å²) < 4.78 is 0. The zero-order chi connectivity index (χ0) is 15.6. The first-order chi connectivity index (χ1) is 9.88. The molecule has 0 radical (unpaired) electrons. The second-order valence-corrected chi connectivity index (χ2v) is 5.54. The zero-order valence-electron chi connectivity index (χ0n) is 11.6. The number of benzene rings is 1. The van der Waals surface area contributed by atoms with E-state index < -0.39 is 5.97 Å². The Morgan fingerprint density at radius 2 is 2.14 bits per heavy atom. The van der Waals surface area contributed by atoms with Gasteiger partial charge in [0.15, 0.2) is 0 Å². The number of hydrogen-bond donors (Lipinski definition) is 3. The van der Waals surface area contributed by atoms with Crippen molar-refractivity contribution < 1.29 is 14.7 Å². The second kappa shape index (κ2) is 6.02. The van der Waals surface area contributed by atoms with E-state index in [1.54, 1.807) is 25.3 Å². The quantitative estimate of drug-likeness (QED) is 0.804. The highest BCUT2D eigenvalue weighted by Crippen LogP contribution is 2.20. The van der Waals surface area contributed by atoms with Crippen molar-refractivity contribution in [2.24, 2.45) is 5.73 Å². The maximum atomic E-state index is 12.1. The van der Waals surface area contributed by atoms with E-state index in [0.29, 0.717) is 22.0 Å². The molecule has 1 aromatic heterocycles. The third-order valence-electron chi connectivity index (χ3n) is 2.87. The fourth-order valence-corrected chi connectivity index (χ4v) is 2.48. The summed E-state index contributed by atoms with van der Waals surface area (Å²) in [6, 6.07) is 4.30. The number of carbonyl (C=O) groups is 2. The molecule has 2 aromatic rings. The summed E-state index contributed by atoms with van der Waals surface area (Å²) in [6.07, 6.45) is 0. The molecule has 1 heterocycles. The Bertz CT molecular complexity index is 695. The SMILES string of the molecule is Cc1cc(C(=O)O)ccc1NC(=O)c1csc(C(C)N)n1. The summed E-state index contributed by atoms with van der Waals surface area (Å²) in [5.74, 6) is -1.35. The van der Waals surface area contributed by atoms with E-state index in [4.69, 9.17) is 10.8 Å². The van der Waals surface area contributed by atoms with Crippen molar-refractivity contribution in [1.29, 1.82) is 0 Å². The summed E-state index contributed by atoms with van der Waals surface area (Å²) in [5, 5.41) is 14.0. The van der Waals surface area contributed by atoms with Gasteiger partial charge < -0.3 is 16.2 Å². The lowest BCUT2D eigenvalue weighted by molar-refractivity contribution is 0.0696. The molecule has 1 amide bonds. The van der Waals surface area contributed by atoms with Crippen LogP contribution in [0.2, 0.25) is 0 Å². The van der Waals surface area contributed by atoms with Crippen molar-refractivity contribution in [3.05, 3.63) is 45.4 Å². The predicted octanol–water partition coefficient (Wildman–Crippen LogP) is 2.42. The lowest BCUT2D eigenvalue weighted by Gasteiger charge is -2.08. The van der Waals surface area contributed by atoms with Gasteiger partial charge in [0.05, 0.1) is 11.6 Å². The highest BCUT2D eigenvalue weighted by atomic mass is 32.1. The Morgan fingerprint density at radius 1 is 1.43 bits per heavy atom. The minimum Gasteiger partial charge on any atom is -0.478 e. The van der Waals surface area contributed by atoms with Gasteiger partial charge in [-0.05, 0) is 37.6 Å². The summed E-state index contributed by atoms with van der Waals surface area (Å²) in [7, 11) is 0. The fourth-order valence-electron chi connectivity index (χ4n) is 1.72. The minimum atomic E-state index is -1.00. The Balaban J connectivity index is 2.17. The average molecular weight is 305 g/mol. The lowest BCUT2D eigenvalue weighted by atomic mass is 10.1. The highest BCUT2D eigenvalue weighted by Gasteiger charge is 2.14. The van der Waals surface area contributed by atoms with Gasteiger partial charge >= 0.3 is 5.97 Å². The van der Waals surface area contributed by atoms with Crippen molar-refractivity contribution in [2.75, 3.05) is 5.32 Å². The first-order valence-corrected chi connectivity index (χ1v) is 7.12. The van der Waals surface area contributed by atoms with E-state index in [1.807, 2.05) is 0 Å². The molecule has 1 atom stereocenters. The molecule has 0 aliphatic heterocycles. The van der Waals surface area contributed by atoms with Crippen molar-refractivity contribution >= 4 is 28.9 Å². The number of anilines is 1. The molecule has 6 nitrogen and oxygen atoms in total. The van der Waals surface area contributed by atoms with Crippen LogP contribution < -0.4 is 11.1 Å². The minimum absolute atomic E-state index is 0.179. The van der Waals surface area contributed by atoms with E-state index >= 15 is 0 Å². The molecule has 1 unspecified atom stereocenters. The number of nitrogens with one attached hydrogen (secondary N) is 1. The Hall–Kier alpha value is -2.25. The smallest absolute Gasteiger partial charge is 0.335 e. The standard InChI is InChI=1S/C14H15N3O3S/c1-7-5-9(14(19)20)3-4-10(7)16-12(18)11-6-21-13(17-11)8(2)15/h3-6,8H,15H2,1-2H3,(H,16,18)(H,19,20). The molecule has 0 saturated heterocycles. The highest BCUT2D eigenvalue weighted by molar-refractivity contribution is 7.09. The van der Waals surface area contributed by atoms with Crippen LogP contribution in [0.4, 0.5) is 5.69 Å². The van der Waals surface area contributed by atoms with Gasteiger partial charge in [0.1, 0.15) is 10.7 Å². The molecule has 0 spiro atoms. The van der Waals surface area contributed by atoms with Crippen molar-refractivity contribution in [3.63, 3.8) is 0 Å². The molecule has 21 heavy (non-hydrogen) atoms. The second-order valence-electron chi connectivity index (χ2n) is 4.65. The van der Waals surface area contributed by atoms with Gasteiger partial charge in [-0.3, -0.25) is 4.79 Å². The maximum absolute atomic E-state index is 12.1. The summed E-state index contributed by atoms with van der Waals surface area (Å²) in [6.45, 7) is 3.53. The van der Waals surface area contributed by atoms with Crippen LogP contribution in [-0.2, 0) is 0 Å². The van der Waals surface area contributed by atoms with Gasteiger partial charge in [0, 0.05) is 11.1 Å².